The Hall–Kier alpha value is -3.41. The van der Waals surface area contributed by atoms with E-state index in [9.17, 15) is 9.59 Å². The van der Waals surface area contributed by atoms with Crippen molar-refractivity contribution in [2.24, 2.45) is 5.92 Å². The highest BCUT2D eigenvalue weighted by Gasteiger charge is 2.24. The van der Waals surface area contributed by atoms with Gasteiger partial charge in [0, 0.05) is 25.5 Å². The Labute approximate surface area is 174 Å². The van der Waals surface area contributed by atoms with E-state index in [-0.39, 0.29) is 18.0 Å². The van der Waals surface area contributed by atoms with Crippen LogP contribution >= 0.6 is 0 Å². The first-order valence-corrected chi connectivity index (χ1v) is 10.5. The van der Waals surface area contributed by atoms with Crippen LogP contribution < -0.4 is 5.56 Å². The first kappa shape index (κ1) is 18.6. The largest absolute Gasteiger partial charge is 0.341 e. The van der Waals surface area contributed by atoms with Crippen LogP contribution in [0.15, 0.2) is 71.8 Å². The van der Waals surface area contributed by atoms with Crippen molar-refractivity contribution < 1.29 is 4.79 Å². The Balaban J connectivity index is 1.33. The summed E-state index contributed by atoms with van der Waals surface area (Å²) in [6.07, 6.45) is 6.55. The van der Waals surface area contributed by atoms with Gasteiger partial charge in [0.05, 0.1) is 5.52 Å². The molecule has 4 aromatic rings. The van der Waals surface area contributed by atoms with E-state index in [1.165, 1.54) is 10.1 Å². The zero-order valence-corrected chi connectivity index (χ0v) is 16.8. The summed E-state index contributed by atoms with van der Waals surface area (Å²) >= 11 is 0. The normalized spacial score (nSPS) is 15.1. The maximum atomic E-state index is 13.0. The third-order valence-electron chi connectivity index (χ3n) is 6.12. The van der Waals surface area contributed by atoms with Crippen LogP contribution in [0.3, 0.4) is 0 Å². The molecule has 0 spiro atoms. The minimum absolute atomic E-state index is 0.0156. The summed E-state index contributed by atoms with van der Waals surface area (Å²) < 4.78 is 3.35. The first-order valence-electron chi connectivity index (χ1n) is 10.5. The Morgan fingerprint density at radius 2 is 1.73 bits per heavy atom. The summed E-state index contributed by atoms with van der Waals surface area (Å²) in [5, 5.41) is 0. The van der Waals surface area contributed by atoms with Crippen LogP contribution in [-0.4, -0.2) is 37.8 Å². The van der Waals surface area contributed by atoms with E-state index in [0.717, 1.165) is 37.9 Å². The zero-order chi connectivity index (χ0) is 20.5. The number of nitrogens with zero attached hydrogens (tertiary/aromatic N) is 4. The smallest absolute Gasteiger partial charge is 0.276 e. The van der Waals surface area contributed by atoms with Crippen molar-refractivity contribution in [2.45, 2.75) is 25.8 Å². The molecule has 3 aromatic heterocycles. The standard InChI is InChI=1S/C24H24N4O2/c29-22(26-14-10-19(11-15-26)16-18-6-2-1-3-7-18)17-28-23-20(8-4-12-25-23)27-13-5-9-21(27)24(28)30/h1-9,12-13,19H,10-11,14-17H2. The number of aromatic nitrogens is 3. The average molecular weight is 400 g/mol. The van der Waals surface area contributed by atoms with Crippen LogP contribution in [0.1, 0.15) is 18.4 Å². The fourth-order valence-corrected chi connectivity index (χ4v) is 4.50. The van der Waals surface area contributed by atoms with Gasteiger partial charge in [0.25, 0.3) is 5.56 Å². The molecule has 30 heavy (non-hydrogen) atoms. The molecule has 0 unspecified atom stereocenters. The molecular weight excluding hydrogens is 376 g/mol. The fraction of sp³-hybridized carbons (Fsp3) is 0.292. The highest BCUT2D eigenvalue weighted by molar-refractivity contribution is 5.80. The lowest BCUT2D eigenvalue weighted by atomic mass is 9.90. The molecule has 1 amide bonds. The van der Waals surface area contributed by atoms with E-state index >= 15 is 0 Å². The monoisotopic (exact) mass is 400 g/mol. The number of pyridine rings is 1. The Bertz CT molecular complexity index is 1250. The number of benzene rings is 1. The van der Waals surface area contributed by atoms with E-state index < -0.39 is 0 Å². The van der Waals surface area contributed by atoms with Crippen molar-refractivity contribution in [1.82, 2.24) is 18.9 Å². The average Bonchev–Trinajstić information content (AvgIpc) is 3.28. The molecule has 152 valence electrons. The number of carbonyl (C=O) groups excluding carboxylic acids is 1. The summed E-state index contributed by atoms with van der Waals surface area (Å²) in [6, 6.07) is 17.9. The minimum Gasteiger partial charge on any atom is -0.341 e. The first-order chi connectivity index (χ1) is 14.7. The number of fused-ring (bicyclic) bond motifs is 3. The van der Waals surface area contributed by atoms with Crippen LogP contribution in [0.4, 0.5) is 0 Å². The lowest BCUT2D eigenvalue weighted by Gasteiger charge is -2.32. The molecule has 6 heteroatoms. The van der Waals surface area contributed by atoms with Crippen LogP contribution in [0.5, 0.6) is 0 Å². The van der Waals surface area contributed by atoms with Gasteiger partial charge in [-0.15, -0.1) is 0 Å². The van der Waals surface area contributed by atoms with E-state index in [1.807, 2.05) is 39.8 Å². The van der Waals surface area contributed by atoms with Gasteiger partial charge in [0.1, 0.15) is 12.1 Å². The lowest BCUT2D eigenvalue weighted by molar-refractivity contribution is -0.133. The van der Waals surface area contributed by atoms with Gasteiger partial charge < -0.3 is 9.30 Å². The second-order valence-corrected chi connectivity index (χ2v) is 8.01. The van der Waals surface area contributed by atoms with Gasteiger partial charge in [-0.2, -0.15) is 0 Å². The Kier molecular flexibility index (Phi) is 4.83. The molecule has 0 N–H and O–H groups in total. The van der Waals surface area contributed by atoms with Gasteiger partial charge in [0.15, 0.2) is 5.65 Å². The number of likely N-dealkylation sites (tertiary alicyclic amines) is 1. The molecule has 0 aliphatic carbocycles. The maximum Gasteiger partial charge on any atom is 0.276 e. The molecule has 1 fully saturated rings. The zero-order valence-electron chi connectivity index (χ0n) is 16.8. The van der Waals surface area contributed by atoms with E-state index in [0.29, 0.717) is 17.1 Å². The quantitative estimate of drug-likeness (QED) is 0.529. The summed E-state index contributed by atoms with van der Waals surface area (Å²) in [5.74, 6) is 0.580. The molecule has 1 aliphatic rings. The highest BCUT2D eigenvalue weighted by atomic mass is 16.2. The predicted octanol–water partition coefficient (Wildman–Crippen LogP) is 3.13. The number of piperidine rings is 1. The van der Waals surface area contributed by atoms with Crippen molar-refractivity contribution in [3.05, 3.63) is 82.9 Å². The topological polar surface area (TPSA) is 59.6 Å². The molecule has 5 rings (SSSR count). The molecule has 1 saturated heterocycles. The third kappa shape index (κ3) is 3.38. The molecule has 0 atom stereocenters. The predicted molar refractivity (Wildman–Crippen MR) is 116 cm³/mol. The molecule has 0 bridgehead atoms. The Morgan fingerprint density at radius 3 is 2.53 bits per heavy atom. The summed E-state index contributed by atoms with van der Waals surface area (Å²) in [7, 11) is 0. The van der Waals surface area contributed by atoms with Crippen molar-refractivity contribution in [2.75, 3.05) is 13.1 Å². The summed E-state index contributed by atoms with van der Waals surface area (Å²) in [6.45, 7) is 1.50. The second-order valence-electron chi connectivity index (χ2n) is 8.01. The van der Waals surface area contributed by atoms with Gasteiger partial charge in [0.2, 0.25) is 5.91 Å². The molecule has 1 aliphatic heterocycles. The molecular formula is C24H24N4O2. The van der Waals surface area contributed by atoms with Crippen LogP contribution in [0.2, 0.25) is 0 Å². The van der Waals surface area contributed by atoms with Crippen molar-refractivity contribution in [3.8, 4) is 0 Å². The molecule has 0 saturated carbocycles. The summed E-state index contributed by atoms with van der Waals surface area (Å²) in [5.41, 5.74) is 3.10. The number of amides is 1. The summed E-state index contributed by atoms with van der Waals surface area (Å²) in [4.78, 5) is 32.3. The van der Waals surface area contributed by atoms with Crippen LogP contribution in [0, 0.1) is 5.92 Å². The molecule has 0 radical (unpaired) electrons. The maximum absolute atomic E-state index is 13.0. The molecule has 6 nitrogen and oxygen atoms in total. The third-order valence-corrected chi connectivity index (χ3v) is 6.12. The fourth-order valence-electron chi connectivity index (χ4n) is 4.50. The lowest BCUT2D eigenvalue weighted by Crippen LogP contribution is -2.42. The van der Waals surface area contributed by atoms with E-state index in [4.69, 9.17) is 0 Å². The number of carbonyl (C=O) groups is 1. The Morgan fingerprint density at radius 1 is 0.967 bits per heavy atom. The highest BCUT2D eigenvalue weighted by Crippen LogP contribution is 2.22. The molecule has 1 aromatic carbocycles. The van der Waals surface area contributed by atoms with Gasteiger partial charge in [-0.1, -0.05) is 30.3 Å². The SMILES string of the molecule is O=C(Cn1c(=O)c2cccn2c2cccnc21)N1CCC(Cc2ccccc2)CC1. The van der Waals surface area contributed by atoms with Gasteiger partial charge >= 0.3 is 0 Å². The van der Waals surface area contributed by atoms with Gasteiger partial charge in [-0.3, -0.25) is 14.2 Å². The number of hydrogen-bond donors (Lipinski definition) is 0. The van der Waals surface area contributed by atoms with Crippen molar-refractivity contribution in [1.29, 1.82) is 0 Å². The van der Waals surface area contributed by atoms with Gasteiger partial charge in [-0.05, 0) is 55.0 Å². The van der Waals surface area contributed by atoms with Crippen LogP contribution in [0.25, 0.3) is 16.7 Å². The molecule has 4 heterocycles. The minimum atomic E-state index is -0.182. The van der Waals surface area contributed by atoms with Crippen LogP contribution in [-0.2, 0) is 17.8 Å². The second kappa shape index (κ2) is 7.78. The number of hydrogen-bond acceptors (Lipinski definition) is 3. The van der Waals surface area contributed by atoms with E-state index in [2.05, 4.69) is 29.2 Å². The van der Waals surface area contributed by atoms with Crippen molar-refractivity contribution >= 4 is 22.6 Å². The van der Waals surface area contributed by atoms with E-state index in [1.54, 1.807) is 12.3 Å². The number of rotatable bonds is 4. The van der Waals surface area contributed by atoms with Gasteiger partial charge in [-0.25, -0.2) is 4.98 Å². The van der Waals surface area contributed by atoms with Crippen molar-refractivity contribution in [3.63, 3.8) is 0 Å².